The molecule has 212 valence electrons. The van der Waals surface area contributed by atoms with Crippen LogP contribution in [0.4, 0.5) is 5.69 Å². The number of nitrogens with one attached hydrogen (secondary N) is 3. The van der Waals surface area contributed by atoms with Crippen molar-refractivity contribution in [1.82, 2.24) is 16.0 Å². The Morgan fingerprint density at radius 1 is 0.950 bits per heavy atom. The molecule has 2 amide bonds. The van der Waals surface area contributed by atoms with Crippen molar-refractivity contribution in [2.45, 2.75) is 24.2 Å². The number of hydrogen-bond donors (Lipinski definition) is 3. The first-order chi connectivity index (χ1) is 19.2. The molecule has 3 aromatic rings. The molecule has 9 nitrogen and oxygen atoms in total. The molecule has 12 heteroatoms. The van der Waals surface area contributed by atoms with Gasteiger partial charge in [-0.2, -0.15) is 8.42 Å². The zero-order valence-corrected chi connectivity index (χ0v) is 23.9. The zero-order chi connectivity index (χ0) is 28.5. The number of rotatable bonds is 11. The van der Waals surface area contributed by atoms with Crippen LogP contribution in [0.3, 0.4) is 0 Å². The molecule has 0 radical (unpaired) electrons. The fourth-order valence-electron chi connectivity index (χ4n) is 4.13. The van der Waals surface area contributed by atoms with Gasteiger partial charge in [-0.1, -0.05) is 45.9 Å². The predicted molar refractivity (Wildman–Crippen MR) is 155 cm³/mol. The second kappa shape index (κ2) is 13.8. The minimum Gasteiger partial charge on any atom is -0.363 e. The zero-order valence-electron chi connectivity index (χ0n) is 21.6. The summed E-state index contributed by atoms with van der Waals surface area (Å²) >= 11 is 12.2. The van der Waals surface area contributed by atoms with Gasteiger partial charge in [0, 0.05) is 30.1 Å². The molecule has 3 N–H and O–H groups in total. The molecular formula is C28H30Cl2N4O5S. The van der Waals surface area contributed by atoms with Crippen LogP contribution in [0.15, 0.2) is 77.7 Å². The van der Waals surface area contributed by atoms with Crippen molar-refractivity contribution < 1.29 is 22.8 Å². The molecule has 0 saturated carbocycles. The van der Waals surface area contributed by atoms with Crippen LogP contribution in [0.2, 0.25) is 10.0 Å². The van der Waals surface area contributed by atoms with Crippen LogP contribution >= 0.6 is 23.2 Å². The highest BCUT2D eigenvalue weighted by Gasteiger charge is 2.28. The summed E-state index contributed by atoms with van der Waals surface area (Å²) in [7, 11) is -4.23. The molecule has 0 aromatic heterocycles. The van der Waals surface area contributed by atoms with Gasteiger partial charge in [-0.15, -0.1) is 0 Å². The standard InChI is InChI=1S/C28H30Cl2N4O5S/c29-22-8-11-26(25(30)18-22)39-34(23-4-2-1-3-5-23)40(37,38)24-9-6-21(7-10-24)28(36)32-17-14-27(35)33-19-20-12-15-31-16-13-20/h1-11,18,20,31H,12-17,19H2,(H,32,36)(H,33,35). The molecule has 0 atom stereocenters. The van der Waals surface area contributed by atoms with Gasteiger partial charge < -0.3 is 20.8 Å². The van der Waals surface area contributed by atoms with E-state index in [2.05, 4.69) is 16.0 Å². The van der Waals surface area contributed by atoms with E-state index in [0.717, 1.165) is 30.4 Å². The number of piperidine rings is 1. The fraction of sp³-hybridized carbons (Fsp3) is 0.286. The minimum atomic E-state index is -4.23. The van der Waals surface area contributed by atoms with Crippen LogP contribution in [0, 0.1) is 5.92 Å². The van der Waals surface area contributed by atoms with Gasteiger partial charge in [0.15, 0.2) is 5.75 Å². The molecule has 4 rings (SSSR count). The van der Waals surface area contributed by atoms with Crippen LogP contribution in [0.5, 0.6) is 5.75 Å². The second-order valence-corrected chi connectivity index (χ2v) is 11.9. The smallest absolute Gasteiger partial charge is 0.295 e. The Hall–Kier alpha value is -3.31. The van der Waals surface area contributed by atoms with E-state index in [0.29, 0.717) is 17.5 Å². The van der Waals surface area contributed by atoms with Crippen LogP contribution in [-0.4, -0.2) is 46.4 Å². The van der Waals surface area contributed by atoms with Gasteiger partial charge in [-0.3, -0.25) is 9.59 Å². The highest BCUT2D eigenvalue weighted by Crippen LogP contribution is 2.32. The van der Waals surface area contributed by atoms with Gasteiger partial charge in [-0.25, -0.2) is 0 Å². The highest BCUT2D eigenvalue weighted by molar-refractivity contribution is 7.92. The lowest BCUT2D eigenvalue weighted by Crippen LogP contribution is -2.37. The van der Waals surface area contributed by atoms with E-state index in [4.69, 9.17) is 28.0 Å². The summed E-state index contributed by atoms with van der Waals surface area (Å²) in [5, 5.41) is 9.42. The number of carbonyl (C=O) groups excluding carboxylic acids is 2. The Labute approximate surface area is 243 Å². The van der Waals surface area contributed by atoms with Crippen LogP contribution in [-0.2, 0) is 14.8 Å². The van der Waals surface area contributed by atoms with Gasteiger partial charge in [0.25, 0.3) is 15.9 Å². The Bertz CT molecular complexity index is 1420. The third-order valence-corrected chi connectivity index (χ3v) is 8.48. The Kier molecular flexibility index (Phi) is 10.3. The van der Waals surface area contributed by atoms with Crippen molar-refractivity contribution in [3.05, 3.63) is 88.4 Å². The second-order valence-electron chi connectivity index (χ2n) is 9.26. The molecular weight excluding hydrogens is 575 g/mol. The topological polar surface area (TPSA) is 117 Å². The maximum absolute atomic E-state index is 13.6. The molecule has 3 aromatic carbocycles. The maximum Gasteiger partial charge on any atom is 0.295 e. The van der Waals surface area contributed by atoms with Crippen molar-refractivity contribution in [3.8, 4) is 5.75 Å². The Morgan fingerprint density at radius 2 is 1.65 bits per heavy atom. The average Bonchev–Trinajstić information content (AvgIpc) is 2.96. The van der Waals surface area contributed by atoms with E-state index < -0.39 is 15.9 Å². The van der Waals surface area contributed by atoms with Crippen molar-refractivity contribution in [2.24, 2.45) is 5.92 Å². The van der Waals surface area contributed by atoms with E-state index in [1.165, 1.54) is 42.5 Å². The van der Waals surface area contributed by atoms with Crippen molar-refractivity contribution in [3.63, 3.8) is 0 Å². The lowest BCUT2D eigenvalue weighted by molar-refractivity contribution is -0.121. The van der Waals surface area contributed by atoms with Crippen LogP contribution in [0.25, 0.3) is 0 Å². The monoisotopic (exact) mass is 604 g/mol. The summed E-state index contributed by atoms with van der Waals surface area (Å²) in [6, 6.07) is 18.1. The molecule has 1 fully saturated rings. The summed E-state index contributed by atoms with van der Waals surface area (Å²) < 4.78 is 28.0. The quantitative estimate of drug-likeness (QED) is 0.279. The van der Waals surface area contributed by atoms with Gasteiger partial charge in [0.1, 0.15) is 0 Å². The summed E-state index contributed by atoms with van der Waals surface area (Å²) in [5.74, 6) is 0.0246. The van der Waals surface area contributed by atoms with Crippen molar-refractivity contribution in [1.29, 1.82) is 0 Å². The van der Waals surface area contributed by atoms with Crippen molar-refractivity contribution in [2.75, 3.05) is 30.6 Å². The lowest BCUT2D eigenvalue weighted by atomic mass is 9.98. The SMILES string of the molecule is O=C(CCNC(=O)c1ccc(S(=O)(=O)N(Oc2ccc(Cl)cc2Cl)c2ccccc2)cc1)NCC1CCNCC1. The third kappa shape index (κ3) is 7.88. The highest BCUT2D eigenvalue weighted by atomic mass is 35.5. The van der Waals surface area contributed by atoms with E-state index in [1.54, 1.807) is 30.3 Å². The molecule has 0 aliphatic carbocycles. The van der Waals surface area contributed by atoms with Crippen LogP contribution in [0.1, 0.15) is 29.6 Å². The van der Waals surface area contributed by atoms with E-state index in [-0.39, 0.29) is 45.8 Å². The van der Waals surface area contributed by atoms with Crippen molar-refractivity contribution >= 4 is 50.7 Å². The lowest BCUT2D eigenvalue weighted by Gasteiger charge is -2.24. The van der Waals surface area contributed by atoms with Gasteiger partial charge in [-0.05, 0) is 86.4 Å². The molecule has 1 saturated heterocycles. The number of nitrogens with zero attached hydrogens (tertiary/aromatic N) is 1. The maximum atomic E-state index is 13.6. The molecule has 0 unspecified atom stereocenters. The van der Waals surface area contributed by atoms with Gasteiger partial charge in [0.2, 0.25) is 5.91 Å². The van der Waals surface area contributed by atoms with E-state index >= 15 is 0 Å². The summed E-state index contributed by atoms with van der Waals surface area (Å²) in [4.78, 5) is 30.4. The number of halogens is 2. The Balaban J connectivity index is 1.39. The number of anilines is 1. The van der Waals surface area contributed by atoms with E-state index in [9.17, 15) is 18.0 Å². The third-order valence-electron chi connectivity index (χ3n) is 6.36. The number of carbonyl (C=O) groups is 2. The summed E-state index contributed by atoms with van der Waals surface area (Å²) in [5.41, 5.74) is 0.496. The molecule has 1 aliphatic heterocycles. The molecule has 0 spiro atoms. The first kappa shape index (κ1) is 29.7. The first-order valence-electron chi connectivity index (χ1n) is 12.8. The number of sulfonamides is 1. The number of benzene rings is 3. The summed E-state index contributed by atoms with van der Waals surface area (Å²) in [6.07, 6.45) is 2.22. The molecule has 40 heavy (non-hydrogen) atoms. The first-order valence-corrected chi connectivity index (χ1v) is 15.0. The summed E-state index contributed by atoms with van der Waals surface area (Å²) in [6.45, 7) is 2.72. The largest absolute Gasteiger partial charge is 0.363 e. The van der Waals surface area contributed by atoms with Gasteiger partial charge >= 0.3 is 0 Å². The number of amides is 2. The predicted octanol–water partition coefficient (Wildman–Crippen LogP) is 4.42. The number of para-hydroxylation sites is 1. The fourth-order valence-corrected chi connectivity index (χ4v) is 5.82. The molecule has 1 aliphatic rings. The normalized spacial score (nSPS) is 13.8. The van der Waals surface area contributed by atoms with E-state index in [1.807, 2.05) is 0 Å². The van der Waals surface area contributed by atoms with Gasteiger partial charge in [0.05, 0.1) is 15.6 Å². The molecule has 1 heterocycles. The Morgan fingerprint density at radius 3 is 2.33 bits per heavy atom. The average molecular weight is 606 g/mol. The molecule has 0 bridgehead atoms. The number of hydrogen-bond acceptors (Lipinski definition) is 6. The minimum absolute atomic E-state index is 0.0919. The van der Waals surface area contributed by atoms with Crippen LogP contribution < -0.4 is 25.3 Å².